The van der Waals surface area contributed by atoms with Crippen LogP contribution in [0.4, 0.5) is 4.39 Å². The number of aryl methyl sites for hydroxylation is 1. The maximum absolute atomic E-state index is 13.7. The Morgan fingerprint density at radius 1 is 1.19 bits per heavy atom. The lowest BCUT2D eigenvalue weighted by molar-refractivity contribution is 0.441. The van der Waals surface area contributed by atoms with Gasteiger partial charge in [0.05, 0.1) is 0 Å². The van der Waals surface area contributed by atoms with E-state index < -0.39 is 0 Å². The third-order valence-corrected chi connectivity index (χ3v) is 3.67. The van der Waals surface area contributed by atoms with Crippen LogP contribution in [0.25, 0.3) is 0 Å². The highest BCUT2D eigenvalue weighted by Crippen LogP contribution is 2.28. The van der Waals surface area contributed by atoms with Crippen LogP contribution >= 0.6 is 15.9 Å². The van der Waals surface area contributed by atoms with Crippen molar-refractivity contribution in [3.05, 3.63) is 57.8 Å². The predicted octanol–water partition coefficient (Wildman–Crippen LogP) is 5.19. The summed E-state index contributed by atoms with van der Waals surface area (Å²) in [4.78, 5) is 0. The van der Waals surface area contributed by atoms with Gasteiger partial charge >= 0.3 is 0 Å². The molecule has 21 heavy (non-hydrogen) atoms. The van der Waals surface area contributed by atoms with Gasteiger partial charge in [0.25, 0.3) is 0 Å². The van der Waals surface area contributed by atoms with Gasteiger partial charge in [0.2, 0.25) is 0 Å². The highest BCUT2D eigenvalue weighted by atomic mass is 79.9. The molecule has 0 bridgehead atoms. The quantitative estimate of drug-likeness (QED) is 0.723. The van der Waals surface area contributed by atoms with E-state index in [0.717, 1.165) is 29.5 Å². The molecule has 4 heteroatoms. The first-order valence-corrected chi connectivity index (χ1v) is 7.82. The Labute approximate surface area is 133 Å². The number of hydrogen-bond donors (Lipinski definition) is 1. The molecular weight excluding hydrogens is 333 g/mol. The summed E-state index contributed by atoms with van der Waals surface area (Å²) in [5.74, 6) is 0.494. The molecule has 0 saturated heterocycles. The Balaban J connectivity index is 2.11. The number of halogens is 2. The van der Waals surface area contributed by atoms with E-state index in [0.29, 0.717) is 5.75 Å². The van der Waals surface area contributed by atoms with E-state index in [-0.39, 0.29) is 11.6 Å². The zero-order valence-corrected chi connectivity index (χ0v) is 13.8. The Hall–Kier alpha value is -1.39. The second-order valence-corrected chi connectivity index (χ2v) is 5.86. The normalized spacial score (nSPS) is 10.7. The lowest BCUT2D eigenvalue weighted by Gasteiger charge is -2.11. The van der Waals surface area contributed by atoms with Gasteiger partial charge in [-0.1, -0.05) is 28.9 Å². The van der Waals surface area contributed by atoms with E-state index >= 15 is 0 Å². The van der Waals surface area contributed by atoms with E-state index in [4.69, 9.17) is 4.74 Å². The first-order valence-electron chi connectivity index (χ1n) is 7.03. The van der Waals surface area contributed by atoms with Crippen LogP contribution in [0.1, 0.15) is 24.5 Å². The molecule has 112 valence electrons. The van der Waals surface area contributed by atoms with Crippen molar-refractivity contribution in [2.75, 3.05) is 6.54 Å². The van der Waals surface area contributed by atoms with Gasteiger partial charge < -0.3 is 10.1 Å². The zero-order valence-electron chi connectivity index (χ0n) is 12.2. The minimum Gasteiger partial charge on any atom is -0.454 e. The van der Waals surface area contributed by atoms with Gasteiger partial charge in [-0.05, 0) is 61.3 Å². The third-order valence-electron chi connectivity index (χ3n) is 3.18. The molecule has 2 nitrogen and oxygen atoms in total. The van der Waals surface area contributed by atoms with Gasteiger partial charge in [-0.15, -0.1) is 0 Å². The summed E-state index contributed by atoms with van der Waals surface area (Å²) < 4.78 is 20.1. The van der Waals surface area contributed by atoms with Crippen molar-refractivity contribution in [1.82, 2.24) is 5.32 Å². The van der Waals surface area contributed by atoms with Crippen molar-refractivity contribution in [3.8, 4) is 11.5 Å². The van der Waals surface area contributed by atoms with Crippen molar-refractivity contribution in [2.45, 2.75) is 26.8 Å². The Morgan fingerprint density at radius 2 is 2.00 bits per heavy atom. The molecule has 0 atom stereocenters. The number of hydrogen-bond acceptors (Lipinski definition) is 2. The minimum absolute atomic E-state index is 0.223. The molecule has 0 heterocycles. The number of benzene rings is 2. The number of ether oxygens (including phenoxy) is 1. The van der Waals surface area contributed by atoms with Crippen LogP contribution in [0.3, 0.4) is 0 Å². The zero-order chi connectivity index (χ0) is 15.2. The molecule has 0 radical (unpaired) electrons. The molecule has 0 aliphatic carbocycles. The monoisotopic (exact) mass is 351 g/mol. The molecule has 2 aromatic carbocycles. The summed E-state index contributed by atoms with van der Waals surface area (Å²) in [6.45, 7) is 6.02. The molecular formula is C17H19BrFNO. The van der Waals surface area contributed by atoms with Crippen molar-refractivity contribution in [2.24, 2.45) is 0 Å². The maximum Gasteiger partial charge on any atom is 0.165 e. The fourth-order valence-corrected chi connectivity index (χ4v) is 2.35. The van der Waals surface area contributed by atoms with Gasteiger partial charge in [0, 0.05) is 11.0 Å². The lowest BCUT2D eigenvalue weighted by atomic mass is 10.1. The second kappa shape index (κ2) is 7.57. The van der Waals surface area contributed by atoms with Crippen molar-refractivity contribution in [3.63, 3.8) is 0 Å². The fourth-order valence-electron chi connectivity index (χ4n) is 2.01. The van der Waals surface area contributed by atoms with Gasteiger partial charge in [0.15, 0.2) is 11.6 Å². The third kappa shape index (κ3) is 4.55. The van der Waals surface area contributed by atoms with Crippen molar-refractivity contribution < 1.29 is 9.13 Å². The van der Waals surface area contributed by atoms with Crippen LogP contribution in [0.15, 0.2) is 40.9 Å². The largest absolute Gasteiger partial charge is 0.454 e. The summed E-state index contributed by atoms with van der Waals surface area (Å²) in [6.07, 6.45) is 1.11. The van der Waals surface area contributed by atoms with Crippen molar-refractivity contribution >= 4 is 15.9 Å². The van der Waals surface area contributed by atoms with Crippen LogP contribution in [0, 0.1) is 12.7 Å². The summed E-state index contributed by atoms with van der Waals surface area (Å²) in [5, 5.41) is 3.37. The number of nitrogens with one attached hydrogen (secondary N) is 1. The van der Waals surface area contributed by atoms with Gasteiger partial charge in [0.1, 0.15) is 5.75 Å². The van der Waals surface area contributed by atoms with Crippen LogP contribution in [0.5, 0.6) is 11.5 Å². The minimum atomic E-state index is -0.371. The molecule has 2 rings (SSSR count). The average molecular weight is 352 g/mol. The predicted molar refractivity (Wildman–Crippen MR) is 87.4 cm³/mol. The Kier molecular flexibility index (Phi) is 5.76. The molecule has 0 fully saturated rings. The van der Waals surface area contributed by atoms with Crippen molar-refractivity contribution in [1.29, 1.82) is 0 Å². The van der Waals surface area contributed by atoms with Crippen LogP contribution in [0.2, 0.25) is 0 Å². The molecule has 0 saturated carbocycles. The number of rotatable bonds is 6. The molecule has 0 aromatic heterocycles. The van der Waals surface area contributed by atoms with Crippen LogP contribution < -0.4 is 10.1 Å². The molecule has 0 amide bonds. The van der Waals surface area contributed by atoms with Gasteiger partial charge in [-0.25, -0.2) is 4.39 Å². The molecule has 0 unspecified atom stereocenters. The standard InChI is InChI=1S/C17H19BrFNO/c1-3-8-20-11-13-4-6-15(9-12(13)2)21-17-10-14(18)5-7-16(17)19/h4-7,9-10,20H,3,8,11H2,1-2H3. The molecule has 0 aliphatic heterocycles. The SMILES string of the molecule is CCCNCc1ccc(Oc2cc(Br)ccc2F)cc1C. The summed E-state index contributed by atoms with van der Waals surface area (Å²) in [6, 6.07) is 10.5. The Morgan fingerprint density at radius 3 is 2.71 bits per heavy atom. The van der Waals surface area contributed by atoms with E-state index in [1.54, 1.807) is 12.1 Å². The summed E-state index contributed by atoms with van der Waals surface area (Å²) in [5.41, 5.74) is 2.36. The summed E-state index contributed by atoms with van der Waals surface area (Å²) >= 11 is 3.32. The molecule has 1 N–H and O–H groups in total. The van der Waals surface area contributed by atoms with Crippen LogP contribution in [-0.2, 0) is 6.54 Å². The lowest BCUT2D eigenvalue weighted by Crippen LogP contribution is -2.14. The highest BCUT2D eigenvalue weighted by Gasteiger charge is 2.07. The molecule has 0 aliphatic rings. The van der Waals surface area contributed by atoms with E-state index in [1.807, 2.05) is 25.1 Å². The van der Waals surface area contributed by atoms with E-state index in [9.17, 15) is 4.39 Å². The second-order valence-electron chi connectivity index (χ2n) is 4.94. The van der Waals surface area contributed by atoms with Crippen LogP contribution in [-0.4, -0.2) is 6.54 Å². The first kappa shape index (κ1) is 16.0. The van der Waals surface area contributed by atoms with E-state index in [2.05, 4.69) is 28.2 Å². The highest BCUT2D eigenvalue weighted by molar-refractivity contribution is 9.10. The summed E-state index contributed by atoms with van der Waals surface area (Å²) in [7, 11) is 0. The molecule has 0 spiro atoms. The van der Waals surface area contributed by atoms with Gasteiger partial charge in [-0.2, -0.15) is 0 Å². The topological polar surface area (TPSA) is 21.3 Å². The maximum atomic E-state index is 13.7. The smallest absolute Gasteiger partial charge is 0.165 e. The first-order chi connectivity index (χ1) is 10.1. The Bertz CT molecular complexity index is 616. The fraction of sp³-hybridized carbons (Fsp3) is 0.294. The average Bonchev–Trinajstić information content (AvgIpc) is 2.45. The molecule has 2 aromatic rings. The van der Waals surface area contributed by atoms with Gasteiger partial charge in [-0.3, -0.25) is 0 Å². The van der Waals surface area contributed by atoms with E-state index in [1.165, 1.54) is 11.6 Å².